The number of benzene rings is 1. The molecule has 0 spiro atoms. The zero-order chi connectivity index (χ0) is 13.1. The maximum atomic E-state index is 9.72. The quantitative estimate of drug-likeness (QED) is 0.867. The van der Waals surface area contributed by atoms with E-state index in [1.165, 1.54) is 0 Å². The molecule has 0 saturated heterocycles. The van der Waals surface area contributed by atoms with Crippen molar-refractivity contribution in [2.24, 2.45) is 0 Å². The first kappa shape index (κ1) is 12.4. The van der Waals surface area contributed by atoms with Gasteiger partial charge in [-0.05, 0) is 49.1 Å². The van der Waals surface area contributed by atoms with Crippen LogP contribution in [-0.2, 0) is 6.54 Å². The minimum atomic E-state index is 0.385. The minimum absolute atomic E-state index is 0.385. The summed E-state index contributed by atoms with van der Waals surface area (Å²) in [6.07, 6.45) is 3.65. The number of aromatic hydroxyl groups is 1. The fraction of sp³-hybridized carbons (Fsp3) is 0.267. The minimum Gasteiger partial charge on any atom is -0.507 e. The van der Waals surface area contributed by atoms with Gasteiger partial charge in [0.25, 0.3) is 0 Å². The molecule has 0 fully saturated rings. The van der Waals surface area contributed by atoms with E-state index < -0.39 is 0 Å². The van der Waals surface area contributed by atoms with Crippen molar-refractivity contribution >= 4 is 5.69 Å². The SMILES string of the molecule is Cc1cncc(NCc2cc(C)c(O)c(C)c2)c1. The van der Waals surface area contributed by atoms with Crippen LogP contribution in [0.25, 0.3) is 0 Å². The summed E-state index contributed by atoms with van der Waals surface area (Å²) in [5.41, 5.74) is 5.13. The van der Waals surface area contributed by atoms with Gasteiger partial charge in [-0.25, -0.2) is 0 Å². The van der Waals surface area contributed by atoms with Crippen LogP contribution in [0.3, 0.4) is 0 Å². The number of phenols is 1. The van der Waals surface area contributed by atoms with Crippen LogP contribution in [0.5, 0.6) is 5.75 Å². The summed E-state index contributed by atoms with van der Waals surface area (Å²) in [6, 6.07) is 6.06. The van der Waals surface area contributed by atoms with Gasteiger partial charge in [0.1, 0.15) is 5.75 Å². The Hall–Kier alpha value is -2.03. The van der Waals surface area contributed by atoms with Crippen LogP contribution in [0.2, 0.25) is 0 Å². The van der Waals surface area contributed by atoms with Gasteiger partial charge in [0.05, 0.1) is 5.69 Å². The van der Waals surface area contributed by atoms with E-state index in [9.17, 15) is 5.11 Å². The maximum Gasteiger partial charge on any atom is 0.121 e. The van der Waals surface area contributed by atoms with E-state index in [1.807, 2.05) is 45.3 Å². The molecule has 94 valence electrons. The topological polar surface area (TPSA) is 45.2 Å². The molecular weight excluding hydrogens is 224 g/mol. The molecule has 1 heterocycles. The fourth-order valence-corrected chi connectivity index (χ4v) is 2.00. The third-order valence-corrected chi connectivity index (χ3v) is 2.92. The first-order valence-electron chi connectivity index (χ1n) is 6.01. The number of pyridine rings is 1. The Morgan fingerprint density at radius 2 is 1.72 bits per heavy atom. The molecule has 0 aliphatic carbocycles. The van der Waals surface area contributed by atoms with E-state index in [-0.39, 0.29) is 0 Å². The normalized spacial score (nSPS) is 10.4. The van der Waals surface area contributed by atoms with Gasteiger partial charge >= 0.3 is 0 Å². The predicted molar refractivity (Wildman–Crippen MR) is 73.9 cm³/mol. The summed E-state index contributed by atoms with van der Waals surface area (Å²) in [5, 5.41) is 13.1. The molecule has 1 aromatic heterocycles. The number of anilines is 1. The third-order valence-electron chi connectivity index (χ3n) is 2.92. The highest BCUT2D eigenvalue weighted by atomic mass is 16.3. The highest BCUT2D eigenvalue weighted by Crippen LogP contribution is 2.23. The second-order valence-corrected chi connectivity index (χ2v) is 4.68. The molecular formula is C15H18N2O. The Morgan fingerprint density at radius 1 is 1.06 bits per heavy atom. The van der Waals surface area contributed by atoms with Crippen molar-refractivity contribution in [3.05, 3.63) is 52.8 Å². The summed E-state index contributed by atoms with van der Waals surface area (Å²) >= 11 is 0. The van der Waals surface area contributed by atoms with Crippen LogP contribution < -0.4 is 5.32 Å². The standard InChI is InChI=1S/C15H18N2O/c1-10-4-14(9-16-7-10)17-8-13-5-11(2)15(18)12(3)6-13/h4-7,9,17-18H,8H2,1-3H3. The molecule has 1 aromatic carbocycles. The molecule has 0 amide bonds. The van der Waals surface area contributed by atoms with Crippen LogP contribution >= 0.6 is 0 Å². The van der Waals surface area contributed by atoms with Gasteiger partial charge in [0.2, 0.25) is 0 Å². The highest BCUT2D eigenvalue weighted by molar-refractivity contribution is 5.46. The van der Waals surface area contributed by atoms with Crippen LogP contribution in [-0.4, -0.2) is 10.1 Å². The molecule has 2 N–H and O–H groups in total. The van der Waals surface area contributed by atoms with Gasteiger partial charge in [0, 0.05) is 18.9 Å². The lowest BCUT2D eigenvalue weighted by Crippen LogP contribution is -2.01. The molecule has 0 aliphatic rings. The van der Waals surface area contributed by atoms with E-state index in [0.29, 0.717) is 5.75 Å². The Morgan fingerprint density at radius 3 is 2.33 bits per heavy atom. The highest BCUT2D eigenvalue weighted by Gasteiger charge is 2.03. The lowest BCUT2D eigenvalue weighted by atomic mass is 10.1. The molecule has 0 saturated carbocycles. The van der Waals surface area contributed by atoms with E-state index >= 15 is 0 Å². The third kappa shape index (κ3) is 2.80. The predicted octanol–water partition coefficient (Wildman–Crippen LogP) is 3.32. The molecule has 3 nitrogen and oxygen atoms in total. The Bertz CT molecular complexity index is 541. The monoisotopic (exact) mass is 242 g/mol. The zero-order valence-electron chi connectivity index (χ0n) is 11.0. The first-order chi connectivity index (χ1) is 8.56. The average Bonchev–Trinajstić information content (AvgIpc) is 2.33. The molecule has 0 unspecified atom stereocenters. The molecule has 2 aromatic rings. The number of hydrogen-bond acceptors (Lipinski definition) is 3. The Kier molecular flexibility index (Phi) is 3.51. The van der Waals surface area contributed by atoms with Gasteiger partial charge in [-0.15, -0.1) is 0 Å². The van der Waals surface area contributed by atoms with Crippen molar-refractivity contribution in [2.75, 3.05) is 5.32 Å². The number of nitrogens with zero attached hydrogens (tertiary/aromatic N) is 1. The summed E-state index contributed by atoms with van der Waals surface area (Å²) in [4.78, 5) is 4.14. The van der Waals surface area contributed by atoms with Crippen LogP contribution in [0.4, 0.5) is 5.69 Å². The van der Waals surface area contributed by atoms with Crippen molar-refractivity contribution in [3.8, 4) is 5.75 Å². The average molecular weight is 242 g/mol. The lowest BCUT2D eigenvalue weighted by Gasteiger charge is -2.10. The van der Waals surface area contributed by atoms with Gasteiger partial charge in [-0.2, -0.15) is 0 Å². The maximum absolute atomic E-state index is 9.72. The van der Waals surface area contributed by atoms with E-state index in [4.69, 9.17) is 0 Å². The van der Waals surface area contributed by atoms with E-state index in [1.54, 1.807) is 0 Å². The number of hydrogen-bond donors (Lipinski definition) is 2. The summed E-state index contributed by atoms with van der Waals surface area (Å²) in [5.74, 6) is 0.385. The Labute approximate surface area is 108 Å². The number of phenolic OH excluding ortho intramolecular Hbond substituents is 1. The van der Waals surface area contributed by atoms with Gasteiger partial charge < -0.3 is 10.4 Å². The van der Waals surface area contributed by atoms with Gasteiger partial charge in [-0.3, -0.25) is 4.98 Å². The van der Waals surface area contributed by atoms with Crippen molar-refractivity contribution in [1.82, 2.24) is 4.98 Å². The van der Waals surface area contributed by atoms with E-state index in [0.717, 1.165) is 34.5 Å². The van der Waals surface area contributed by atoms with Crippen molar-refractivity contribution < 1.29 is 5.11 Å². The molecule has 0 atom stereocenters. The van der Waals surface area contributed by atoms with Crippen LogP contribution in [0.15, 0.2) is 30.6 Å². The number of rotatable bonds is 3. The number of aryl methyl sites for hydroxylation is 3. The van der Waals surface area contributed by atoms with Crippen LogP contribution in [0, 0.1) is 20.8 Å². The molecule has 18 heavy (non-hydrogen) atoms. The molecule has 3 heteroatoms. The fourth-order valence-electron chi connectivity index (χ4n) is 2.00. The summed E-state index contributed by atoms with van der Waals surface area (Å²) in [6.45, 7) is 6.58. The number of nitrogens with one attached hydrogen (secondary N) is 1. The summed E-state index contributed by atoms with van der Waals surface area (Å²) in [7, 11) is 0. The van der Waals surface area contributed by atoms with Crippen molar-refractivity contribution in [2.45, 2.75) is 27.3 Å². The molecule has 0 bridgehead atoms. The second kappa shape index (κ2) is 5.08. The summed E-state index contributed by atoms with van der Waals surface area (Å²) < 4.78 is 0. The first-order valence-corrected chi connectivity index (χ1v) is 6.01. The molecule has 0 aliphatic heterocycles. The van der Waals surface area contributed by atoms with Gasteiger partial charge in [-0.1, -0.05) is 12.1 Å². The van der Waals surface area contributed by atoms with E-state index in [2.05, 4.69) is 16.4 Å². The zero-order valence-corrected chi connectivity index (χ0v) is 11.0. The Balaban J connectivity index is 2.11. The number of aromatic nitrogens is 1. The van der Waals surface area contributed by atoms with Crippen molar-refractivity contribution in [1.29, 1.82) is 0 Å². The molecule has 0 radical (unpaired) electrons. The smallest absolute Gasteiger partial charge is 0.121 e. The second-order valence-electron chi connectivity index (χ2n) is 4.68. The van der Waals surface area contributed by atoms with Gasteiger partial charge in [0.15, 0.2) is 0 Å². The molecule has 2 rings (SSSR count). The lowest BCUT2D eigenvalue weighted by molar-refractivity contribution is 0.466. The van der Waals surface area contributed by atoms with Crippen LogP contribution in [0.1, 0.15) is 22.3 Å². The van der Waals surface area contributed by atoms with Crippen molar-refractivity contribution in [3.63, 3.8) is 0 Å². The largest absolute Gasteiger partial charge is 0.507 e.